The number of nitrogens with one attached hydrogen (secondary N) is 1. The summed E-state index contributed by atoms with van der Waals surface area (Å²) in [4.78, 5) is 30.4. The van der Waals surface area contributed by atoms with Gasteiger partial charge in [-0.3, -0.25) is 9.69 Å². The molecule has 1 aliphatic rings. The fraction of sp³-hybridized carbons (Fsp3) is 0.238. The zero-order valence-electron chi connectivity index (χ0n) is 17.3. The Labute approximate surface area is 188 Å². The molecule has 1 N–H and O–H groups in total. The van der Waals surface area contributed by atoms with Crippen molar-refractivity contribution in [3.8, 4) is 17.1 Å². The number of halogens is 5. The molecule has 34 heavy (non-hydrogen) atoms. The molecule has 1 fully saturated rings. The van der Waals surface area contributed by atoms with Crippen molar-refractivity contribution in [2.75, 3.05) is 0 Å². The van der Waals surface area contributed by atoms with Crippen molar-refractivity contribution in [2.24, 2.45) is 0 Å². The minimum absolute atomic E-state index is 0.0202. The summed E-state index contributed by atoms with van der Waals surface area (Å²) in [5.41, 5.74) is -1.76. The van der Waals surface area contributed by atoms with Crippen molar-refractivity contribution < 1.29 is 40.8 Å². The molecular formula is C21H15F5N4O4. The van der Waals surface area contributed by atoms with Crippen LogP contribution in [0.2, 0.25) is 0 Å². The highest BCUT2D eigenvalue weighted by Gasteiger charge is 2.49. The molecule has 3 aromatic rings. The number of nitrogens with zero attached hydrogens (tertiary/aromatic N) is 3. The third-order valence-corrected chi connectivity index (χ3v) is 5.16. The third kappa shape index (κ3) is 4.40. The van der Waals surface area contributed by atoms with Crippen LogP contribution in [0, 0.1) is 0 Å². The lowest BCUT2D eigenvalue weighted by molar-refractivity contribution is -0.137. The number of carbonyl (C=O) groups is 2. The van der Waals surface area contributed by atoms with Gasteiger partial charge in [0.15, 0.2) is 0 Å². The highest BCUT2D eigenvalue weighted by molar-refractivity contribution is 6.07. The molecule has 0 aliphatic carbocycles. The molecule has 0 radical (unpaired) electrons. The standard InChI is InChI=1S/C21H15F5N4O4/c1-20(12-6-8-14(9-7-12)33-18(22)23)17(31)30(19(32)28-20)10-15-27-16(29-34-15)11-2-4-13(5-3-11)21(24,25)26/h2-9,18H,10H2,1H3,(H,28,32). The van der Waals surface area contributed by atoms with Crippen molar-refractivity contribution in [1.82, 2.24) is 20.4 Å². The van der Waals surface area contributed by atoms with Gasteiger partial charge in [-0.1, -0.05) is 29.4 Å². The predicted octanol–water partition coefficient (Wildman–Crippen LogP) is 4.32. The highest BCUT2D eigenvalue weighted by atomic mass is 19.4. The summed E-state index contributed by atoms with van der Waals surface area (Å²) in [7, 11) is 0. The topological polar surface area (TPSA) is 97.6 Å². The van der Waals surface area contributed by atoms with Gasteiger partial charge in [0.2, 0.25) is 11.7 Å². The first-order valence-electron chi connectivity index (χ1n) is 9.67. The van der Waals surface area contributed by atoms with E-state index in [2.05, 4.69) is 20.2 Å². The van der Waals surface area contributed by atoms with E-state index in [1.807, 2.05) is 0 Å². The number of urea groups is 1. The molecule has 13 heteroatoms. The molecule has 1 aromatic heterocycles. The van der Waals surface area contributed by atoms with Gasteiger partial charge in [0.25, 0.3) is 5.91 Å². The van der Waals surface area contributed by atoms with Crippen LogP contribution in [0.5, 0.6) is 5.75 Å². The first-order chi connectivity index (χ1) is 16.0. The molecule has 2 aromatic carbocycles. The number of aromatic nitrogens is 2. The molecule has 4 rings (SSSR count). The Morgan fingerprint density at radius 1 is 1.09 bits per heavy atom. The summed E-state index contributed by atoms with van der Waals surface area (Å²) >= 11 is 0. The molecule has 1 atom stereocenters. The molecule has 0 spiro atoms. The van der Waals surface area contributed by atoms with Crippen LogP contribution in [0.1, 0.15) is 23.9 Å². The van der Waals surface area contributed by atoms with Crippen LogP contribution in [0.4, 0.5) is 26.7 Å². The number of alkyl halides is 5. The number of hydrogen-bond donors (Lipinski definition) is 1. The van der Waals surface area contributed by atoms with E-state index in [9.17, 15) is 31.5 Å². The van der Waals surface area contributed by atoms with Crippen molar-refractivity contribution in [3.63, 3.8) is 0 Å². The summed E-state index contributed by atoms with van der Waals surface area (Å²) in [6, 6.07) is 8.54. The van der Waals surface area contributed by atoms with Gasteiger partial charge in [-0.05, 0) is 36.8 Å². The van der Waals surface area contributed by atoms with Crippen molar-refractivity contribution in [1.29, 1.82) is 0 Å². The molecule has 1 unspecified atom stereocenters. The second-order valence-corrected chi connectivity index (χ2v) is 7.44. The molecule has 3 amide bonds. The molecule has 2 heterocycles. The van der Waals surface area contributed by atoms with Crippen molar-refractivity contribution in [2.45, 2.75) is 31.8 Å². The van der Waals surface area contributed by atoms with Crippen LogP contribution < -0.4 is 10.1 Å². The van der Waals surface area contributed by atoms with Crippen LogP contribution in [0.25, 0.3) is 11.4 Å². The van der Waals surface area contributed by atoms with E-state index in [0.29, 0.717) is 5.56 Å². The second kappa shape index (κ2) is 8.39. The van der Waals surface area contributed by atoms with Gasteiger partial charge < -0.3 is 14.6 Å². The summed E-state index contributed by atoms with van der Waals surface area (Å²) in [6.07, 6.45) is -4.49. The van der Waals surface area contributed by atoms with Gasteiger partial charge in [0, 0.05) is 5.56 Å². The quantitative estimate of drug-likeness (QED) is 0.415. The van der Waals surface area contributed by atoms with Gasteiger partial charge >= 0.3 is 18.8 Å². The summed E-state index contributed by atoms with van der Waals surface area (Å²) in [5.74, 6) is -0.913. The molecule has 1 saturated heterocycles. The Balaban J connectivity index is 1.49. The summed E-state index contributed by atoms with van der Waals surface area (Å²) in [5, 5.41) is 6.22. The monoisotopic (exact) mass is 482 g/mol. The Morgan fingerprint density at radius 3 is 2.32 bits per heavy atom. The van der Waals surface area contributed by atoms with Crippen molar-refractivity contribution in [3.05, 3.63) is 65.5 Å². The number of rotatable bonds is 6. The Bertz CT molecular complexity index is 1210. The molecule has 8 nitrogen and oxygen atoms in total. The predicted molar refractivity (Wildman–Crippen MR) is 104 cm³/mol. The first-order valence-corrected chi connectivity index (χ1v) is 9.67. The van der Waals surface area contributed by atoms with Gasteiger partial charge in [-0.25, -0.2) is 4.79 Å². The molecule has 0 bridgehead atoms. The number of amides is 3. The van der Waals surface area contributed by atoms with Crippen LogP contribution in [0.15, 0.2) is 53.1 Å². The normalized spacial score (nSPS) is 18.5. The highest BCUT2D eigenvalue weighted by Crippen LogP contribution is 2.32. The zero-order chi connectivity index (χ0) is 24.7. The lowest BCUT2D eigenvalue weighted by Gasteiger charge is -2.22. The van der Waals surface area contributed by atoms with Crippen LogP contribution >= 0.6 is 0 Å². The molecule has 0 saturated carbocycles. The number of hydrogen-bond acceptors (Lipinski definition) is 6. The largest absolute Gasteiger partial charge is 0.435 e. The smallest absolute Gasteiger partial charge is 0.416 e. The van der Waals surface area contributed by atoms with E-state index >= 15 is 0 Å². The van der Waals surface area contributed by atoms with Crippen LogP contribution in [0.3, 0.4) is 0 Å². The summed E-state index contributed by atoms with van der Waals surface area (Å²) < 4.78 is 72.2. The summed E-state index contributed by atoms with van der Waals surface area (Å²) in [6.45, 7) is -1.95. The molecule has 1 aliphatic heterocycles. The van der Waals surface area contributed by atoms with Gasteiger partial charge in [-0.15, -0.1) is 0 Å². The second-order valence-electron chi connectivity index (χ2n) is 7.44. The van der Waals surface area contributed by atoms with Crippen LogP contribution in [-0.4, -0.2) is 33.6 Å². The van der Waals surface area contributed by atoms with Gasteiger partial charge in [-0.2, -0.15) is 26.9 Å². The SMILES string of the molecule is CC1(c2ccc(OC(F)F)cc2)NC(=O)N(Cc2nc(-c3ccc(C(F)(F)F)cc3)no2)C1=O. The maximum absolute atomic E-state index is 13.0. The first kappa shape index (κ1) is 23.1. The van der Waals surface area contributed by atoms with E-state index in [1.54, 1.807) is 0 Å². The molecule has 178 valence electrons. The van der Waals surface area contributed by atoms with E-state index in [1.165, 1.54) is 43.3 Å². The maximum atomic E-state index is 13.0. The van der Waals surface area contributed by atoms with Crippen molar-refractivity contribution >= 4 is 11.9 Å². The average molecular weight is 482 g/mol. The molecular weight excluding hydrogens is 467 g/mol. The van der Waals surface area contributed by atoms with E-state index < -0.39 is 35.8 Å². The minimum atomic E-state index is -4.49. The van der Waals surface area contributed by atoms with Crippen LogP contribution in [-0.2, 0) is 23.1 Å². The Morgan fingerprint density at radius 2 is 1.74 bits per heavy atom. The Kier molecular flexibility index (Phi) is 5.71. The Hall–Kier alpha value is -4.03. The fourth-order valence-electron chi connectivity index (χ4n) is 3.39. The number of ether oxygens (including phenoxy) is 1. The average Bonchev–Trinajstić information content (AvgIpc) is 3.32. The lowest BCUT2D eigenvalue weighted by atomic mass is 9.92. The van der Waals surface area contributed by atoms with Gasteiger partial charge in [0.1, 0.15) is 17.8 Å². The minimum Gasteiger partial charge on any atom is -0.435 e. The van der Waals surface area contributed by atoms with E-state index in [4.69, 9.17) is 4.52 Å². The zero-order valence-corrected chi connectivity index (χ0v) is 17.3. The maximum Gasteiger partial charge on any atom is 0.416 e. The number of benzene rings is 2. The van der Waals surface area contributed by atoms with E-state index in [0.717, 1.165) is 17.0 Å². The fourth-order valence-corrected chi connectivity index (χ4v) is 3.39. The lowest BCUT2D eigenvalue weighted by Crippen LogP contribution is -2.40. The third-order valence-electron chi connectivity index (χ3n) is 5.16. The van der Waals surface area contributed by atoms with E-state index in [-0.39, 0.29) is 29.6 Å². The van der Waals surface area contributed by atoms with Gasteiger partial charge in [0.05, 0.1) is 5.56 Å². The number of imide groups is 1. The number of carbonyl (C=O) groups excluding carboxylic acids is 2.